The van der Waals surface area contributed by atoms with Gasteiger partial charge in [-0.3, -0.25) is 10.6 Å². The fourth-order valence-corrected chi connectivity index (χ4v) is 1.44. The summed E-state index contributed by atoms with van der Waals surface area (Å²) in [5, 5.41) is 1.48. The quantitative estimate of drug-likeness (QED) is 0.399. The molecule has 1 unspecified atom stereocenters. The molecule has 0 saturated carbocycles. The lowest BCUT2D eigenvalue weighted by molar-refractivity contribution is -0.121. The number of nitrogens with two attached hydrogens (primary N) is 1. The van der Waals surface area contributed by atoms with Crippen molar-refractivity contribution in [2.75, 3.05) is 7.05 Å². The third kappa shape index (κ3) is 6.42. The standard InChI is InChI=1S/C12H24N2O/c1-9(2)6-7-10(3)8-12(11(4)15)14(5)13/h9,12H,3,6-8,13H2,1-2,4-5H3. The predicted octanol–water partition coefficient (Wildman–Crippen LogP) is 2.13. The highest BCUT2D eigenvalue weighted by Crippen LogP contribution is 2.16. The molecule has 88 valence electrons. The lowest BCUT2D eigenvalue weighted by Crippen LogP contribution is -2.42. The molecule has 0 bridgehead atoms. The van der Waals surface area contributed by atoms with Gasteiger partial charge in [0, 0.05) is 7.05 Å². The number of hydrazine groups is 1. The Morgan fingerprint density at radius 1 is 1.47 bits per heavy atom. The fourth-order valence-electron chi connectivity index (χ4n) is 1.44. The summed E-state index contributed by atoms with van der Waals surface area (Å²) in [6.45, 7) is 9.94. The summed E-state index contributed by atoms with van der Waals surface area (Å²) >= 11 is 0. The summed E-state index contributed by atoms with van der Waals surface area (Å²) in [7, 11) is 1.72. The average Bonchev–Trinajstić information content (AvgIpc) is 2.09. The Kier molecular flexibility index (Phi) is 6.45. The van der Waals surface area contributed by atoms with Gasteiger partial charge in [-0.2, -0.15) is 0 Å². The van der Waals surface area contributed by atoms with E-state index < -0.39 is 0 Å². The molecule has 3 heteroatoms. The van der Waals surface area contributed by atoms with Gasteiger partial charge < -0.3 is 0 Å². The van der Waals surface area contributed by atoms with Crippen molar-refractivity contribution in [3.63, 3.8) is 0 Å². The Morgan fingerprint density at radius 2 is 2.00 bits per heavy atom. The zero-order chi connectivity index (χ0) is 12.0. The average molecular weight is 212 g/mol. The fraction of sp³-hybridized carbons (Fsp3) is 0.750. The molecule has 0 spiro atoms. The maximum atomic E-state index is 11.3. The van der Waals surface area contributed by atoms with Gasteiger partial charge in [-0.05, 0) is 32.1 Å². The monoisotopic (exact) mass is 212 g/mol. The summed E-state index contributed by atoms with van der Waals surface area (Å²) < 4.78 is 0. The van der Waals surface area contributed by atoms with Gasteiger partial charge in [0.05, 0.1) is 6.04 Å². The third-order valence-corrected chi connectivity index (χ3v) is 2.52. The van der Waals surface area contributed by atoms with Crippen LogP contribution < -0.4 is 5.84 Å². The van der Waals surface area contributed by atoms with Crippen LogP contribution in [0.4, 0.5) is 0 Å². The first kappa shape index (κ1) is 14.3. The second-order valence-electron chi connectivity index (χ2n) is 4.68. The molecule has 0 aromatic carbocycles. The Labute approximate surface area is 93.3 Å². The molecule has 15 heavy (non-hydrogen) atoms. The summed E-state index contributed by atoms with van der Waals surface area (Å²) in [5.41, 5.74) is 1.11. The third-order valence-electron chi connectivity index (χ3n) is 2.52. The van der Waals surface area contributed by atoms with Crippen molar-refractivity contribution in [2.45, 2.75) is 46.1 Å². The lowest BCUT2D eigenvalue weighted by atomic mass is 9.97. The van der Waals surface area contributed by atoms with Crippen LogP contribution in [-0.4, -0.2) is 23.9 Å². The van der Waals surface area contributed by atoms with Crippen LogP contribution in [0.2, 0.25) is 0 Å². The van der Waals surface area contributed by atoms with Gasteiger partial charge in [0.15, 0.2) is 0 Å². The number of carbonyl (C=O) groups is 1. The Bertz CT molecular complexity index is 222. The molecule has 0 heterocycles. The Morgan fingerprint density at radius 3 is 2.33 bits per heavy atom. The summed E-state index contributed by atoms with van der Waals surface area (Å²) in [6.07, 6.45) is 2.78. The lowest BCUT2D eigenvalue weighted by Gasteiger charge is -2.22. The van der Waals surface area contributed by atoms with Gasteiger partial charge in [-0.1, -0.05) is 26.0 Å². The number of likely N-dealkylation sites (N-methyl/N-ethyl adjacent to an activating group) is 1. The van der Waals surface area contributed by atoms with Crippen LogP contribution in [0.3, 0.4) is 0 Å². The largest absolute Gasteiger partial charge is 0.298 e. The highest BCUT2D eigenvalue weighted by atomic mass is 16.1. The van der Waals surface area contributed by atoms with Crippen molar-refractivity contribution in [3.8, 4) is 0 Å². The molecule has 0 aromatic heterocycles. The maximum absolute atomic E-state index is 11.3. The van der Waals surface area contributed by atoms with Gasteiger partial charge >= 0.3 is 0 Å². The second-order valence-corrected chi connectivity index (χ2v) is 4.68. The molecule has 0 aliphatic rings. The molecule has 0 aliphatic carbocycles. The van der Waals surface area contributed by atoms with E-state index in [1.807, 2.05) is 0 Å². The van der Waals surface area contributed by atoms with Crippen LogP contribution in [0.15, 0.2) is 12.2 Å². The number of hydrogen-bond donors (Lipinski definition) is 1. The molecule has 0 fully saturated rings. The van der Waals surface area contributed by atoms with Crippen LogP contribution in [0, 0.1) is 5.92 Å². The summed E-state index contributed by atoms with van der Waals surface area (Å²) in [5.74, 6) is 6.39. The molecule has 0 aliphatic heterocycles. The first-order valence-electron chi connectivity index (χ1n) is 5.49. The van der Waals surface area contributed by atoms with Gasteiger partial charge in [0.2, 0.25) is 0 Å². The number of ketones is 1. The molecular weight excluding hydrogens is 188 g/mol. The summed E-state index contributed by atoms with van der Waals surface area (Å²) in [6, 6.07) is -0.218. The molecule has 0 aromatic rings. The topological polar surface area (TPSA) is 46.3 Å². The minimum atomic E-state index is -0.218. The summed E-state index contributed by atoms with van der Waals surface area (Å²) in [4.78, 5) is 11.3. The number of nitrogens with zero attached hydrogens (tertiary/aromatic N) is 1. The number of Topliss-reactive ketones (excluding diaryl/α,β-unsaturated/α-hetero) is 1. The van der Waals surface area contributed by atoms with E-state index in [0.29, 0.717) is 12.3 Å². The van der Waals surface area contributed by atoms with E-state index in [2.05, 4.69) is 20.4 Å². The number of rotatable bonds is 7. The van der Waals surface area contributed by atoms with Crippen molar-refractivity contribution in [2.24, 2.45) is 11.8 Å². The minimum absolute atomic E-state index is 0.102. The van der Waals surface area contributed by atoms with Crippen molar-refractivity contribution in [1.29, 1.82) is 0 Å². The van der Waals surface area contributed by atoms with Crippen molar-refractivity contribution in [1.82, 2.24) is 5.01 Å². The van der Waals surface area contributed by atoms with Crippen LogP contribution in [0.25, 0.3) is 0 Å². The molecule has 1 atom stereocenters. The van der Waals surface area contributed by atoms with E-state index in [1.165, 1.54) is 5.01 Å². The molecule has 0 saturated heterocycles. The van der Waals surface area contributed by atoms with E-state index in [-0.39, 0.29) is 11.8 Å². The zero-order valence-corrected chi connectivity index (χ0v) is 10.4. The SMILES string of the molecule is C=C(CCC(C)C)CC(C(C)=O)N(C)N. The molecule has 0 rings (SSSR count). The highest BCUT2D eigenvalue weighted by molar-refractivity contribution is 5.81. The van der Waals surface area contributed by atoms with Gasteiger partial charge in [0.25, 0.3) is 0 Å². The Balaban J connectivity index is 4.07. The van der Waals surface area contributed by atoms with Crippen LogP contribution >= 0.6 is 0 Å². The van der Waals surface area contributed by atoms with Crippen molar-refractivity contribution >= 4 is 5.78 Å². The van der Waals surface area contributed by atoms with Gasteiger partial charge in [-0.25, -0.2) is 5.01 Å². The van der Waals surface area contributed by atoms with E-state index in [0.717, 1.165) is 18.4 Å². The molecule has 0 amide bonds. The van der Waals surface area contributed by atoms with Gasteiger partial charge in [0.1, 0.15) is 5.78 Å². The molecule has 0 radical (unpaired) electrons. The highest BCUT2D eigenvalue weighted by Gasteiger charge is 2.17. The Hall–Kier alpha value is -0.670. The van der Waals surface area contributed by atoms with Crippen LogP contribution in [-0.2, 0) is 4.79 Å². The predicted molar refractivity (Wildman–Crippen MR) is 64.2 cm³/mol. The molecule has 2 N–H and O–H groups in total. The number of carbonyl (C=O) groups excluding carboxylic acids is 1. The van der Waals surface area contributed by atoms with Crippen LogP contribution in [0.5, 0.6) is 0 Å². The molecule has 3 nitrogen and oxygen atoms in total. The first-order chi connectivity index (χ1) is 6.84. The molecular formula is C12H24N2O. The van der Waals surface area contributed by atoms with Crippen LogP contribution in [0.1, 0.15) is 40.0 Å². The van der Waals surface area contributed by atoms with E-state index >= 15 is 0 Å². The minimum Gasteiger partial charge on any atom is -0.298 e. The van der Waals surface area contributed by atoms with Crippen molar-refractivity contribution in [3.05, 3.63) is 12.2 Å². The zero-order valence-electron chi connectivity index (χ0n) is 10.4. The second kappa shape index (κ2) is 6.75. The van der Waals surface area contributed by atoms with E-state index in [4.69, 9.17) is 5.84 Å². The maximum Gasteiger partial charge on any atom is 0.148 e. The van der Waals surface area contributed by atoms with E-state index in [1.54, 1.807) is 14.0 Å². The van der Waals surface area contributed by atoms with Crippen molar-refractivity contribution < 1.29 is 4.79 Å². The number of hydrogen-bond acceptors (Lipinski definition) is 3. The first-order valence-corrected chi connectivity index (χ1v) is 5.49. The normalized spacial score (nSPS) is 13.3. The van der Waals surface area contributed by atoms with E-state index in [9.17, 15) is 4.79 Å². The van der Waals surface area contributed by atoms with Gasteiger partial charge in [-0.15, -0.1) is 0 Å². The smallest absolute Gasteiger partial charge is 0.148 e.